The molecule has 26 heavy (non-hydrogen) atoms. The SMILES string of the molecule is CCC(C(=O)NCC(c1cccs1)n1nc(C)cc1C)c1ccccc1. The molecule has 2 unspecified atom stereocenters. The fourth-order valence-electron chi connectivity index (χ4n) is 3.33. The summed E-state index contributed by atoms with van der Waals surface area (Å²) >= 11 is 1.69. The lowest BCUT2D eigenvalue weighted by molar-refractivity contribution is -0.122. The maximum absolute atomic E-state index is 12.8. The van der Waals surface area contributed by atoms with E-state index < -0.39 is 0 Å². The molecule has 0 aliphatic rings. The third-order valence-corrected chi connectivity index (χ3v) is 5.58. The first kappa shape index (κ1) is 18.4. The van der Waals surface area contributed by atoms with E-state index in [0.29, 0.717) is 6.54 Å². The van der Waals surface area contributed by atoms with Gasteiger partial charge in [-0.15, -0.1) is 11.3 Å². The highest BCUT2D eigenvalue weighted by molar-refractivity contribution is 7.10. The first-order valence-electron chi connectivity index (χ1n) is 8.99. The fourth-order valence-corrected chi connectivity index (χ4v) is 4.14. The topological polar surface area (TPSA) is 46.9 Å². The average Bonchev–Trinajstić information content (AvgIpc) is 3.27. The van der Waals surface area contributed by atoms with Crippen LogP contribution in [0, 0.1) is 13.8 Å². The summed E-state index contributed by atoms with van der Waals surface area (Å²) in [7, 11) is 0. The summed E-state index contributed by atoms with van der Waals surface area (Å²) in [5, 5.41) is 9.87. The lowest BCUT2D eigenvalue weighted by atomic mass is 9.95. The number of hydrogen-bond acceptors (Lipinski definition) is 3. The molecule has 0 radical (unpaired) electrons. The van der Waals surface area contributed by atoms with Gasteiger partial charge in [0.1, 0.15) is 6.04 Å². The predicted molar refractivity (Wildman–Crippen MR) is 107 cm³/mol. The third kappa shape index (κ3) is 4.05. The zero-order chi connectivity index (χ0) is 18.5. The van der Waals surface area contributed by atoms with Crippen LogP contribution in [0.2, 0.25) is 0 Å². The van der Waals surface area contributed by atoms with Gasteiger partial charge in [0.05, 0.1) is 11.6 Å². The average molecular weight is 368 g/mol. The third-order valence-electron chi connectivity index (χ3n) is 4.61. The van der Waals surface area contributed by atoms with Gasteiger partial charge in [-0.25, -0.2) is 0 Å². The Morgan fingerprint density at radius 1 is 1.19 bits per heavy atom. The van der Waals surface area contributed by atoms with Crippen LogP contribution in [0.4, 0.5) is 0 Å². The summed E-state index contributed by atoms with van der Waals surface area (Å²) < 4.78 is 2.02. The molecule has 2 atom stereocenters. The number of rotatable bonds is 7. The van der Waals surface area contributed by atoms with Gasteiger partial charge < -0.3 is 5.32 Å². The molecule has 136 valence electrons. The highest BCUT2D eigenvalue weighted by Crippen LogP contribution is 2.25. The van der Waals surface area contributed by atoms with E-state index in [1.54, 1.807) is 11.3 Å². The number of aromatic nitrogens is 2. The van der Waals surface area contributed by atoms with Crippen molar-refractivity contribution in [3.8, 4) is 0 Å². The smallest absolute Gasteiger partial charge is 0.227 e. The van der Waals surface area contributed by atoms with Crippen molar-refractivity contribution < 1.29 is 4.79 Å². The molecule has 0 saturated carbocycles. The summed E-state index contributed by atoms with van der Waals surface area (Å²) in [6.45, 7) is 6.64. The second-order valence-corrected chi connectivity index (χ2v) is 7.50. The number of aryl methyl sites for hydroxylation is 2. The molecule has 1 amide bonds. The summed E-state index contributed by atoms with van der Waals surface area (Å²) in [5.41, 5.74) is 3.16. The summed E-state index contributed by atoms with van der Waals surface area (Å²) in [6, 6.07) is 16.2. The lowest BCUT2D eigenvalue weighted by Gasteiger charge is -2.21. The molecule has 5 heteroatoms. The van der Waals surface area contributed by atoms with Crippen LogP contribution in [0.3, 0.4) is 0 Å². The highest BCUT2D eigenvalue weighted by Gasteiger charge is 2.22. The molecular weight excluding hydrogens is 342 g/mol. The minimum absolute atomic E-state index is 0.0147. The van der Waals surface area contributed by atoms with Gasteiger partial charge in [-0.2, -0.15) is 5.10 Å². The van der Waals surface area contributed by atoms with Crippen molar-refractivity contribution >= 4 is 17.2 Å². The van der Waals surface area contributed by atoms with Crippen LogP contribution in [0.5, 0.6) is 0 Å². The Morgan fingerprint density at radius 2 is 1.96 bits per heavy atom. The molecule has 2 heterocycles. The van der Waals surface area contributed by atoms with Gasteiger partial charge in [0, 0.05) is 17.1 Å². The second-order valence-electron chi connectivity index (χ2n) is 6.52. The molecule has 0 aliphatic heterocycles. The van der Waals surface area contributed by atoms with Crippen molar-refractivity contribution in [2.45, 2.75) is 39.2 Å². The number of benzene rings is 1. The van der Waals surface area contributed by atoms with Crippen molar-refractivity contribution in [1.29, 1.82) is 0 Å². The van der Waals surface area contributed by atoms with Gasteiger partial charge >= 0.3 is 0 Å². The van der Waals surface area contributed by atoms with Crippen LogP contribution in [0.15, 0.2) is 53.9 Å². The maximum atomic E-state index is 12.8. The van der Waals surface area contributed by atoms with Crippen LogP contribution < -0.4 is 5.32 Å². The van der Waals surface area contributed by atoms with Crippen LogP contribution in [-0.2, 0) is 4.79 Å². The number of amides is 1. The van der Waals surface area contributed by atoms with Crippen LogP contribution in [-0.4, -0.2) is 22.2 Å². The predicted octanol–water partition coefficient (Wildman–Crippen LogP) is 4.46. The molecular formula is C21H25N3OS. The lowest BCUT2D eigenvalue weighted by Crippen LogP contribution is -2.35. The first-order valence-corrected chi connectivity index (χ1v) is 9.87. The van der Waals surface area contributed by atoms with Crippen LogP contribution in [0.1, 0.15) is 47.1 Å². The first-order chi connectivity index (χ1) is 12.6. The van der Waals surface area contributed by atoms with Crippen molar-refractivity contribution in [1.82, 2.24) is 15.1 Å². The molecule has 3 aromatic rings. The quantitative estimate of drug-likeness (QED) is 0.670. The minimum Gasteiger partial charge on any atom is -0.353 e. The molecule has 0 bridgehead atoms. The van der Waals surface area contributed by atoms with Gasteiger partial charge in [0.2, 0.25) is 5.91 Å². The van der Waals surface area contributed by atoms with Crippen molar-refractivity contribution in [2.75, 3.05) is 6.54 Å². The molecule has 3 rings (SSSR count). The van der Waals surface area contributed by atoms with Crippen molar-refractivity contribution in [3.63, 3.8) is 0 Å². The van der Waals surface area contributed by atoms with Crippen molar-refractivity contribution in [2.24, 2.45) is 0 Å². The van der Waals surface area contributed by atoms with Gasteiger partial charge in [-0.05, 0) is 43.3 Å². The van der Waals surface area contributed by atoms with Gasteiger partial charge in [0.15, 0.2) is 0 Å². The molecule has 0 fully saturated rings. The Labute approximate surface area is 158 Å². The molecule has 4 nitrogen and oxygen atoms in total. The second kappa shape index (κ2) is 8.32. The van der Waals surface area contributed by atoms with Gasteiger partial charge in [0.25, 0.3) is 0 Å². The molecule has 0 aliphatic carbocycles. The van der Waals surface area contributed by atoms with Crippen molar-refractivity contribution in [3.05, 3.63) is 75.7 Å². The standard InChI is InChI=1S/C21H25N3OS/c1-4-18(17-9-6-5-7-10-17)21(25)22-14-19(20-11-8-12-26-20)24-16(3)13-15(2)23-24/h5-13,18-19H,4,14H2,1-3H3,(H,22,25). The van der Waals surface area contributed by atoms with E-state index in [9.17, 15) is 4.79 Å². The Balaban J connectivity index is 1.78. The van der Waals surface area contributed by atoms with Crippen LogP contribution in [0.25, 0.3) is 0 Å². The zero-order valence-corrected chi connectivity index (χ0v) is 16.3. The van der Waals surface area contributed by atoms with E-state index in [2.05, 4.69) is 41.8 Å². The van der Waals surface area contributed by atoms with E-state index in [-0.39, 0.29) is 17.9 Å². The minimum atomic E-state index is -0.124. The van der Waals surface area contributed by atoms with E-state index in [1.165, 1.54) is 4.88 Å². The largest absolute Gasteiger partial charge is 0.353 e. The maximum Gasteiger partial charge on any atom is 0.227 e. The van der Waals surface area contributed by atoms with E-state index in [0.717, 1.165) is 23.4 Å². The number of hydrogen-bond donors (Lipinski definition) is 1. The fraction of sp³-hybridized carbons (Fsp3) is 0.333. The molecule has 1 N–H and O–H groups in total. The summed E-state index contributed by atoms with van der Waals surface area (Å²) in [5.74, 6) is -0.0533. The van der Waals surface area contributed by atoms with Crippen LogP contribution >= 0.6 is 11.3 Å². The normalized spacial score (nSPS) is 13.3. The van der Waals surface area contributed by atoms with Gasteiger partial charge in [-0.1, -0.05) is 43.3 Å². The van der Waals surface area contributed by atoms with E-state index >= 15 is 0 Å². The Morgan fingerprint density at radius 3 is 2.54 bits per heavy atom. The summed E-state index contributed by atoms with van der Waals surface area (Å²) in [6.07, 6.45) is 0.777. The van der Waals surface area contributed by atoms with E-state index in [4.69, 9.17) is 0 Å². The van der Waals surface area contributed by atoms with E-state index in [1.807, 2.05) is 48.0 Å². The molecule has 0 saturated heterocycles. The number of nitrogens with one attached hydrogen (secondary N) is 1. The number of thiophene rings is 1. The number of carbonyl (C=O) groups excluding carboxylic acids is 1. The number of nitrogens with zero attached hydrogens (tertiary/aromatic N) is 2. The zero-order valence-electron chi connectivity index (χ0n) is 15.5. The molecule has 1 aromatic carbocycles. The number of carbonyl (C=O) groups is 1. The molecule has 2 aromatic heterocycles. The summed E-state index contributed by atoms with van der Waals surface area (Å²) in [4.78, 5) is 14.0. The monoisotopic (exact) mass is 367 g/mol. The molecule has 0 spiro atoms. The Hall–Kier alpha value is -2.40. The highest BCUT2D eigenvalue weighted by atomic mass is 32.1. The Bertz CT molecular complexity index is 840. The Kier molecular flexibility index (Phi) is 5.89. The van der Waals surface area contributed by atoms with Gasteiger partial charge in [-0.3, -0.25) is 9.48 Å².